The van der Waals surface area contributed by atoms with Crippen LogP contribution < -0.4 is 16.0 Å². The molecule has 0 bridgehead atoms. The van der Waals surface area contributed by atoms with Gasteiger partial charge in [-0.25, -0.2) is 0 Å². The van der Waals surface area contributed by atoms with Crippen molar-refractivity contribution in [2.75, 3.05) is 48.8 Å². The molecule has 0 radical (unpaired) electrons. The van der Waals surface area contributed by atoms with Crippen LogP contribution in [0.15, 0.2) is 0 Å². The van der Waals surface area contributed by atoms with Gasteiger partial charge in [-0.2, -0.15) is 15.0 Å². The zero-order chi connectivity index (χ0) is 13.7. The van der Waals surface area contributed by atoms with Crippen molar-refractivity contribution < 1.29 is 4.74 Å². The molecule has 7 nitrogen and oxygen atoms in total. The summed E-state index contributed by atoms with van der Waals surface area (Å²) in [6.07, 6.45) is 1.11. The van der Waals surface area contributed by atoms with Crippen LogP contribution in [0.25, 0.3) is 0 Å². The Hall–Kier alpha value is -1.63. The molecular weight excluding hydrogens is 244 g/mol. The smallest absolute Gasteiger partial charge is 0.232 e. The SMILES string of the molecule is CCC(C)CNc1nc(N)nc(N2CCOCC2)n1. The van der Waals surface area contributed by atoms with Gasteiger partial charge in [0.15, 0.2) is 0 Å². The van der Waals surface area contributed by atoms with E-state index < -0.39 is 0 Å². The van der Waals surface area contributed by atoms with E-state index >= 15 is 0 Å². The summed E-state index contributed by atoms with van der Waals surface area (Å²) in [6.45, 7) is 8.14. The fourth-order valence-electron chi connectivity index (χ4n) is 1.77. The van der Waals surface area contributed by atoms with Crippen molar-refractivity contribution in [1.29, 1.82) is 0 Å². The van der Waals surface area contributed by atoms with Gasteiger partial charge in [0.1, 0.15) is 0 Å². The van der Waals surface area contributed by atoms with E-state index in [4.69, 9.17) is 10.5 Å². The van der Waals surface area contributed by atoms with E-state index in [9.17, 15) is 0 Å². The van der Waals surface area contributed by atoms with Gasteiger partial charge in [0, 0.05) is 19.6 Å². The lowest BCUT2D eigenvalue weighted by Gasteiger charge is -2.26. The Kier molecular flexibility index (Phi) is 4.73. The molecule has 1 aliphatic rings. The standard InChI is InChI=1S/C12H22N6O/c1-3-9(2)8-14-11-15-10(13)16-12(17-11)18-4-6-19-7-5-18/h9H,3-8H2,1-2H3,(H3,13,14,15,16,17). The maximum atomic E-state index is 5.74. The summed E-state index contributed by atoms with van der Waals surface area (Å²) in [7, 11) is 0. The molecule has 2 rings (SSSR count). The maximum absolute atomic E-state index is 5.74. The Labute approximate surface area is 113 Å². The number of nitrogen functional groups attached to an aromatic ring is 1. The van der Waals surface area contributed by atoms with Crippen molar-refractivity contribution >= 4 is 17.8 Å². The lowest BCUT2D eigenvalue weighted by atomic mass is 10.1. The lowest BCUT2D eigenvalue weighted by molar-refractivity contribution is 0.122. The Morgan fingerprint density at radius 2 is 2.05 bits per heavy atom. The van der Waals surface area contributed by atoms with Crippen LogP contribution >= 0.6 is 0 Å². The van der Waals surface area contributed by atoms with E-state index in [0.717, 1.165) is 26.1 Å². The van der Waals surface area contributed by atoms with E-state index in [1.165, 1.54) is 0 Å². The monoisotopic (exact) mass is 266 g/mol. The fourth-order valence-corrected chi connectivity index (χ4v) is 1.77. The summed E-state index contributed by atoms with van der Waals surface area (Å²) in [5.41, 5.74) is 5.74. The van der Waals surface area contributed by atoms with Crippen LogP contribution in [0.1, 0.15) is 20.3 Å². The molecule has 0 spiro atoms. The predicted octanol–water partition coefficient (Wildman–Crippen LogP) is 0.748. The normalized spacial score (nSPS) is 17.3. The molecule has 1 aromatic rings. The van der Waals surface area contributed by atoms with Crippen LogP contribution in [-0.4, -0.2) is 47.8 Å². The Morgan fingerprint density at radius 3 is 2.74 bits per heavy atom. The number of hydrogen-bond acceptors (Lipinski definition) is 7. The molecule has 0 saturated carbocycles. The minimum atomic E-state index is 0.253. The van der Waals surface area contributed by atoms with Crippen LogP contribution in [0, 0.1) is 5.92 Å². The summed E-state index contributed by atoms with van der Waals surface area (Å²) in [6, 6.07) is 0. The van der Waals surface area contributed by atoms with Gasteiger partial charge < -0.3 is 20.7 Å². The third-order valence-electron chi connectivity index (χ3n) is 3.24. The summed E-state index contributed by atoms with van der Waals surface area (Å²) < 4.78 is 5.32. The third kappa shape index (κ3) is 3.92. The number of nitrogens with two attached hydrogens (primary N) is 1. The molecule has 2 heterocycles. The Bertz CT molecular complexity index is 407. The molecule has 1 unspecified atom stereocenters. The molecule has 3 N–H and O–H groups in total. The molecular formula is C12H22N6O. The average Bonchev–Trinajstić information content (AvgIpc) is 2.45. The molecule has 106 valence electrons. The Morgan fingerprint density at radius 1 is 1.32 bits per heavy atom. The topological polar surface area (TPSA) is 89.2 Å². The first-order valence-corrected chi connectivity index (χ1v) is 6.77. The number of aromatic nitrogens is 3. The largest absolute Gasteiger partial charge is 0.378 e. The van der Waals surface area contributed by atoms with Crippen molar-refractivity contribution in [2.45, 2.75) is 20.3 Å². The van der Waals surface area contributed by atoms with Crippen LogP contribution in [0.5, 0.6) is 0 Å². The first-order valence-electron chi connectivity index (χ1n) is 6.77. The van der Waals surface area contributed by atoms with Gasteiger partial charge in [0.2, 0.25) is 17.8 Å². The van der Waals surface area contributed by atoms with Crippen LogP contribution in [0.4, 0.5) is 17.8 Å². The molecule has 1 atom stereocenters. The van der Waals surface area contributed by atoms with E-state index in [1.54, 1.807) is 0 Å². The Balaban J connectivity index is 2.05. The lowest BCUT2D eigenvalue weighted by Crippen LogP contribution is -2.37. The highest BCUT2D eigenvalue weighted by molar-refractivity contribution is 5.42. The molecule has 1 saturated heterocycles. The molecule has 0 aromatic carbocycles. The van der Waals surface area contributed by atoms with Gasteiger partial charge in [-0.3, -0.25) is 0 Å². The minimum Gasteiger partial charge on any atom is -0.378 e. The average molecular weight is 266 g/mol. The second-order valence-electron chi connectivity index (χ2n) is 4.81. The predicted molar refractivity (Wildman–Crippen MR) is 75.2 cm³/mol. The van der Waals surface area contributed by atoms with Crippen molar-refractivity contribution in [3.63, 3.8) is 0 Å². The fraction of sp³-hybridized carbons (Fsp3) is 0.750. The number of nitrogens with one attached hydrogen (secondary N) is 1. The summed E-state index contributed by atoms with van der Waals surface area (Å²) in [4.78, 5) is 14.8. The van der Waals surface area contributed by atoms with Crippen LogP contribution in [-0.2, 0) is 4.74 Å². The number of morpholine rings is 1. The number of anilines is 3. The zero-order valence-corrected chi connectivity index (χ0v) is 11.6. The van der Waals surface area contributed by atoms with E-state index in [2.05, 4.69) is 39.0 Å². The molecule has 1 aromatic heterocycles. The van der Waals surface area contributed by atoms with Crippen LogP contribution in [0.3, 0.4) is 0 Å². The van der Waals surface area contributed by atoms with E-state index in [1.807, 2.05) is 0 Å². The maximum Gasteiger partial charge on any atom is 0.232 e. The molecule has 19 heavy (non-hydrogen) atoms. The van der Waals surface area contributed by atoms with E-state index in [0.29, 0.717) is 31.0 Å². The van der Waals surface area contributed by atoms with Gasteiger partial charge in [0.05, 0.1) is 13.2 Å². The van der Waals surface area contributed by atoms with Crippen LogP contribution in [0.2, 0.25) is 0 Å². The van der Waals surface area contributed by atoms with Crippen molar-refractivity contribution in [3.05, 3.63) is 0 Å². The van der Waals surface area contributed by atoms with Gasteiger partial charge in [-0.15, -0.1) is 0 Å². The van der Waals surface area contributed by atoms with Gasteiger partial charge in [-0.05, 0) is 5.92 Å². The first-order chi connectivity index (χ1) is 9.19. The molecule has 1 fully saturated rings. The third-order valence-corrected chi connectivity index (χ3v) is 3.24. The highest BCUT2D eigenvalue weighted by Gasteiger charge is 2.15. The van der Waals surface area contributed by atoms with Gasteiger partial charge >= 0.3 is 0 Å². The number of nitrogens with zero attached hydrogens (tertiary/aromatic N) is 4. The second kappa shape index (κ2) is 6.51. The molecule has 0 aliphatic carbocycles. The molecule has 1 aliphatic heterocycles. The van der Waals surface area contributed by atoms with E-state index in [-0.39, 0.29) is 5.95 Å². The van der Waals surface area contributed by atoms with Gasteiger partial charge in [-0.1, -0.05) is 20.3 Å². The summed E-state index contributed by atoms with van der Waals surface area (Å²) >= 11 is 0. The second-order valence-corrected chi connectivity index (χ2v) is 4.81. The highest BCUT2D eigenvalue weighted by atomic mass is 16.5. The van der Waals surface area contributed by atoms with Crippen molar-refractivity contribution in [3.8, 4) is 0 Å². The van der Waals surface area contributed by atoms with Crippen molar-refractivity contribution in [2.24, 2.45) is 5.92 Å². The number of ether oxygens (including phenoxy) is 1. The van der Waals surface area contributed by atoms with Gasteiger partial charge in [0.25, 0.3) is 0 Å². The summed E-state index contributed by atoms with van der Waals surface area (Å²) in [5, 5.41) is 3.22. The minimum absolute atomic E-state index is 0.253. The summed E-state index contributed by atoms with van der Waals surface area (Å²) in [5.74, 6) is 2.00. The molecule has 0 amide bonds. The zero-order valence-electron chi connectivity index (χ0n) is 11.6. The van der Waals surface area contributed by atoms with Crippen molar-refractivity contribution in [1.82, 2.24) is 15.0 Å². The quantitative estimate of drug-likeness (QED) is 0.812. The first kappa shape index (κ1) is 13.8. The highest BCUT2D eigenvalue weighted by Crippen LogP contribution is 2.14. The number of rotatable bonds is 5. The number of hydrogen-bond donors (Lipinski definition) is 2. The molecule has 7 heteroatoms.